The Bertz CT molecular complexity index is 1120. The lowest BCUT2D eigenvalue weighted by molar-refractivity contribution is -0.113. The molecule has 1 heterocycles. The number of imidazole rings is 1. The number of hydrogen-bond acceptors (Lipinski definition) is 3. The van der Waals surface area contributed by atoms with E-state index in [0.717, 1.165) is 27.7 Å². The number of rotatable bonds is 6. The van der Waals surface area contributed by atoms with Crippen molar-refractivity contribution in [2.75, 3.05) is 11.1 Å². The second kappa shape index (κ2) is 8.80. The molecule has 4 aromatic rings. The van der Waals surface area contributed by atoms with Crippen molar-refractivity contribution in [1.82, 2.24) is 9.55 Å². The van der Waals surface area contributed by atoms with E-state index in [1.807, 2.05) is 77.5 Å². The number of aromatic nitrogens is 2. The lowest BCUT2D eigenvalue weighted by Crippen LogP contribution is -2.15. The van der Waals surface area contributed by atoms with Gasteiger partial charge in [0.1, 0.15) is 0 Å². The molecule has 0 atom stereocenters. The highest BCUT2D eigenvalue weighted by Crippen LogP contribution is 2.28. The Morgan fingerprint density at radius 1 is 1.00 bits per heavy atom. The molecular formula is C24H21N3OS. The summed E-state index contributed by atoms with van der Waals surface area (Å²) < 4.78 is 2.00. The Hall–Kier alpha value is -3.31. The molecule has 0 aliphatic rings. The average Bonchev–Trinajstić information content (AvgIpc) is 3.22. The van der Waals surface area contributed by atoms with Gasteiger partial charge in [0.2, 0.25) is 5.91 Å². The quantitative estimate of drug-likeness (QED) is 0.431. The number of hydrogen-bond donors (Lipinski definition) is 1. The zero-order chi connectivity index (χ0) is 20.1. The Labute approximate surface area is 174 Å². The van der Waals surface area contributed by atoms with Crippen LogP contribution in [0.2, 0.25) is 0 Å². The third-order valence-electron chi connectivity index (χ3n) is 4.50. The summed E-state index contributed by atoms with van der Waals surface area (Å²) in [6.45, 7) is 2.06. The van der Waals surface area contributed by atoms with Gasteiger partial charge in [0.25, 0.3) is 0 Å². The number of benzene rings is 3. The number of thioether (sulfide) groups is 1. The van der Waals surface area contributed by atoms with Crippen LogP contribution in [0.4, 0.5) is 5.69 Å². The number of para-hydroxylation sites is 1. The highest BCUT2D eigenvalue weighted by Gasteiger charge is 2.11. The molecule has 0 aliphatic heterocycles. The normalized spacial score (nSPS) is 10.7. The molecule has 4 rings (SSSR count). The van der Waals surface area contributed by atoms with E-state index in [0.29, 0.717) is 0 Å². The molecule has 4 nitrogen and oxygen atoms in total. The molecule has 3 aromatic carbocycles. The van der Waals surface area contributed by atoms with Gasteiger partial charge >= 0.3 is 0 Å². The van der Waals surface area contributed by atoms with E-state index in [1.54, 1.807) is 6.20 Å². The van der Waals surface area contributed by atoms with Gasteiger partial charge in [-0.05, 0) is 36.2 Å². The van der Waals surface area contributed by atoms with Crippen molar-refractivity contribution in [3.63, 3.8) is 0 Å². The molecule has 0 saturated carbocycles. The molecule has 0 radical (unpaired) electrons. The molecule has 1 aromatic heterocycles. The Balaban J connectivity index is 1.46. The maximum absolute atomic E-state index is 12.6. The van der Waals surface area contributed by atoms with E-state index >= 15 is 0 Å². The minimum atomic E-state index is -0.0582. The molecule has 0 spiro atoms. The predicted octanol–water partition coefficient (Wildman–Crippen LogP) is 5.58. The molecule has 29 heavy (non-hydrogen) atoms. The first-order chi connectivity index (χ1) is 14.2. The smallest absolute Gasteiger partial charge is 0.234 e. The van der Waals surface area contributed by atoms with Gasteiger partial charge in [-0.25, -0.2) is 4.98 Å². The van der Waals surface area contributed by atoms with E-state index in [4.69, 9.17) is 0 Å². The fourth-order valence-corrected chi connectivity index (χ4v) is 3.92. The van der Waals surface area contributed by atoms with Crippen molar-refractivity contribution in [3.8, 4) is 16.8 Å². The largest absolute Gasteiger partial charge is 0.325 e. The minimum absolute atomic E-state index is 0.0582. The van der Waals surface area contributed by atoms with Gasteiger partial charge in [-0.15, -0.1) is 0 Å². The number of aryl methyl sites for hydroxylation is 1. The Morgan fingerprint density at radius 3 is 2.62 bits per heavy atom. The lowest BCUT2D eigenvalue weighted by atomic mass is 10.0. The van der Waals surface area contributed by atoms with Gasteiger partial charge < -0.3 is 5.32 Å². The van der Waals surface area contributed by atoms with Crippen molar-refractivity contribution in [2.24, 2.45) is 0 Å². The van der Waals surface area contributed by atoms with Crippen molar-refractivity contribution in [1.29, 1.82) is 0 Å². The van der Waals surface area contributed by atoms with Crippen molar-refractivity contribution in [3.05, 3.63) is 96.8 Å². The summed E-state index contributed by atoms with van der Waals surface area (Å²) in [5, 5.41) is 3.84. The molecule has 1 N–H and O–H groups in total. The van der Waals surface area contributed by atoms with Gasteiger partial charge in [0, 0.05) is 29.3 Å². The number of carbonyl (C=O) groups is 1. The van der Waals surface area contributed by atoms with E-state index in [9.17, 15) is 4.79 Å². The van der Waals surface area contributed by atoms with E-state index in [2.05, 4.69) is 29.4 Å². The van der Waals surface area contributed by atoms with Crippen LogP contribution in [-0.4, -0.2) is 21.2 Å². The van der Waals surface area contributed by atoms with Crippen LogP contribution in [0.15, 0.2) is 96.4 Å². The maximum atomic E-state index is 12.6. The van der Waals surface area contributed by atoms with Gasteiger partial charge in [-0.1, -0.05) is 72.4 Å². The zero-order valence-corrected chi connectivity index (χ0v) is 16.9. The first kappa shape index (κ1) is 19.0. The summed E-state index contributed by atoms with van der Waals surface area (Å²) in [5.74, 6) is 0.226. The van der Waals surface area contributed by atoms with Gasteiger partial charge in [-0.3, -0.25) is 9.36 Å². The summed E-state index contributed by atoms with van der Waals surface area (Å²) in [4.78, 5) is 17.0. The number of carbonyl (C=O) groups excluding carboxylic acids is 1. The van der Waals surface area contributed by atoms with Crippen LogP contribution in [0.25, 0.3) is 16.8 Å². The molecule has 1 amide bonds. The first-order valence-electron chi connectivity index (χ1n) is 9.38. The molecule has 0 aliphatic carbocycles. The van der Waals surface area contributed by atoms with Gasteiger partial charge in [0.15, 0.2) is 5.16 Å². The second-order valence-corrected chi connectivity index (χ2v) is 7.61. The summed E-state index contributed by atoms with van der Waals surface area (Å²) in [6, 6.07) is 26.1. The Kier molecular flexibility index (Phi) is 5.77. The molecule has 0 saturated heterocycles. The topological polar surface area (TPSA) is 46.9 Å². The summed E-state index contributed by atoms with van der Waals surface area (Å²) >= 11 is 1.42. The summed E-state index contributed by atoms with van der Waals surface area (Å²) in [5.41, 5.74) is 5.12. The lowest BCUT2D eigenvalue weighted by Gasteiger charge is -2.12. The first-order valence-corrected chi connectivity index (χ1v) is 10.4. The third kappa shape index (κ3) is 4.58. The number of nitrogens with zero attached hydrogens (tertiary/aromatic N) is 2. The molecule has 0 unspecified atom stereocenters. The van der Waals surface area contributed by atoms with Crippen molar-refractivity contribution < 1.29 is 4.79 Å². The van der Waals surface area contributed by atoms with Crippen LogP contribution in [0.3, 0.4) is 0 Å². The van der Waals surface area contributed by atoms with E-state index < -0.39 is 0 Å². The van der Waals surface area contributed by atoms with Crippen LogP contribution in [0.1, 0.15) is 5.56 Å². The molecule has 5 heteroatoms. The fraction of sp³-hybridized carbons (Fsp3) is 0.0833. The average molecular weight is 400 g/mol. The van der Waals surface area contributed by atoms with E-state index in [1.165, 1.54) is 17.3 Å². The SMILES string of the molecule is Cc1cccc(-n2ccnc2SCC(=O)Nc2ccccc2-c2ccccc2)c1. The van der Waals surface area contributed by atoms with Crippen LogP contribution >= 0.6 is 11.8 Å². The maximum Gasteiger partial charge on any atom is 0.234 e. The van der Waals surface area contributed by atoms with Crippen LogP contribution in [-0.2, 0) is 4.79 Å². The molecule has 0 bridgehead atoms. The molecular weight excluding hydrogens is 378 g/mol. The minimum Gasteiger partial charge on any atom is -0.325 e. The monoisotopic (exact) mass is 399 g/mol. The van der Waals surface area contributed by atoms with E-state index in [-0.39, 0.29) is 11.7 Å². The number of amides is 1. The van der Waals surface area contributed by atoms with Crippen LogP contribution in [0.5, 0.6) is 0 Å². The van der Waals surface area contributed by atoms with Crippen LogP contribution in [0, 0.1) is 6.92 Å². The summed E-state index contributed by atoms with van der Waals surface area (Å²) in [6.07, 6.45) is 3.67. The highest BCUT2D eigenvalue weighted by molar-refractivity contribution is 7.99. The van der Waals surface area contributed by atoms with Crippen LogP contribution < -0.4 is 5.32 Å². The number of nitrogens with one attached hydrogen (secondary N) is 1. The standard InChI is InChI=1S/C24H21N3OS/c1-18-8-7-11-20(16-18)27-15-14-25-24(27)29-17-23(28)26-22-13-6-5-12-21(22)19-9-3-2-4-10-19/h2-16H,17H2,1H3,(H,26,28). The van der Waals surface area contributed by atoms with Gasteiger partial charge in [0.05, 0.1) is 5.75 Å². The Morgan fingerprint density at radius 2 is 1.79 bits per heavy atom. The molecule has 144 valence electrons. The second-order valence-electron chi connectivity index (χ2n) is 6.67. The van der Waals surface area contributed by atoms with Crippen molar-refractivity contribution in [2.45, 2.75) is 12.1 Å². The molecule has 0 fully saturated rings. The fourth-order valence-electron chi connectivity index (χ4n) is 3.15. The highest BCUT2D eigenvalue weighted by atomic mass is 32.2. The summed E-state index contributed by atoms with van der Waals surface area (Å²) in [7, 11) is 0. The number of anilines is 1. The van der Waals surface area contributed by atoms with Gasteiger partial charge in [-0.2, -0.15) is 0 Å². The third-order valence-corrected chi connectivity index (χ3v) is 5.47. The predicted molar refractivity (Wildman–Crippen MR) is 120 cm³/mol. The van der Waals surface area contributed by atoms with Crippen molar-refractivity contribution >= 4 is 23.4 Å². The zero-order valence-electron chi connectivity index (χ0n) is 16.1.